The van der Waals surface area contributed by atoms with Crippen molar-refractivity contribution in [1.29, 1.82) is 0 Å². The highest BCUT2D eigenvalue weighted by atomic mass is 16.5. The molecule has 0 aliphatic heterocycles. The van der Waals surface area contributed by atoms with Crippen LogP contribution >= 0.6 is 0 Å². The molecule has 0 spiro atoms. The van der Waals surface area contributed by atoms with Gasteiger partial charge in [0.15, 0.2) is 0 Å². The van der Waals surface area contributed by atoms with E-state index >= 15 is 0 Å². The predicted octanol–water partition coefficient (Wildman–Crippen LogP) is 6.76. The molecule has 0 heterocycles. The summed E-state index contributed by atoms with van der Waals surface area (Å²) in [5, 5.41) is 10.8. The van der Waals surface area contributed by atoms with Gasteiger partial charge in [-0.1, -0.05) is 81.2 Å². The summed E-state index contributed by atoms with van der Waals surface area (Å²) >= 11 is 0. The summed E-state index contributed by atoms with van der Waals surface area (Å²) in [5.74, 6) is 0.634. The highest BCUT2D eigenvalue weighted by Gasteiger charge is 2.27. The first-order valence-electron chi connectivity index (χ1n) is 10.5. The van der Waals surface area contributed by atoms with Gasteiger partial charge in [0.2, 0.25) is 0 Å². The monoisotopic (exact) mass is 388 g/mol. The number of hydrogen-bond donors (Lipinski definition) is 1. The topological polar surface area (TPSA) is 46.5 Å². The fourth-order valence-corrected chi connectivity index (χ4v) is 3.15. The van der Waals surface area contributed by atoms with Crippen molar-refractivity contribution in [3.8, 4) is 5.75 Å². The summed E-state index contributed by atoms with van der Waals surface area (Å²) in [5.41, 5.74) is 2.20. The van der Waals surface area contributed by atoms with Crippen LogP contribution in [-0.4, -0.2) is 17.7 Å². The third kappa shape index (κ3) is 7.00. The van der Waals surface area contributed by atoms with Crippen molar-refractivity contribution in [3.63, 3.8) is 0 Å². The Labute approximate surface area is 172 Å². The molecule has 0 aliphatic rings. The van der Waals surface area contributed by atoms with Crippen molar-refractivity contribution in [2.75, 3.05) is 6.61 Å². The lowest BCUT2D eigenvalue weighted by Crippen LogP contribution is -2.18. The van der Waals surface area contributed by atoms with Gasteiger partial charge in [0.25, 0.3) is 0 Å². The number of rotatable bonds is 8. The molecule has 3 nitrogen and oxygen atoms in total. The van der Waals surface area contributed by atoms with Gasteiger partial charge in [0.1, 0.15) is 5.75 Å². The number of aromatic hydroxyl groups is 1. The van der Waals surface area contributed by atoms with Crippen LogP contribution in [0.2, 0.25) is 0 Å². The third-order valence-electron chi connectivity index (χ3n) is 4.98. The van der Waals surface area contributed by atoms with Crippen LogP contribution in [0.15, 0.2) is 18.7 Å². The highest BCUT2D eigenvalue weighted by molar-refractivity contribution is 6.15. The third-order valence-corrected chi connectivity index (χ3v) is 4.98. The molecule has 0 aliphatic carbocycles. The Balaban J connectivity index is 2.93. The molecule has 0 bridgehead atoms. The molecule has 0 saturated carbocycles. The van der Waals surface area contributed by atoms with Crippen molar-refractivity contribution in [1.82, 2.24) is 0 Å². The molecular formula is C25H40O3. The zero-order chi connectivity index (χ0) is 21.7. The number of unbranched alkanes of at least 4 members (excludes halogenated alkanes) is 2. The minimum Gasteiger partial charge on any atom is -0.507 e. The van der Waals surface area contributed by atoms with Gasteiger partial charge in [-0.05, 0) is 40.9 Å². The van der Waals surface area contributed by atoms with Crippen LogP contribution < -0.4 is 0 Å². The van der Waals surface area contributed by atoms with E-state index in [1.807, 2.05) is 12.1 Å². The molecule has 3 heteroatoms. The zero-order valence-electron chi connectivity index (χ0n) is 19.2. The first-order valence-corrected chi connectivity index (χ1v) is 10.5. The second-order valence-corrected chi connectivity index (χ2v) is 10.3. The number of carbonyl (C=O) groups excluding carboxylic acids is 1. The summed E-state index contributed by atoms with van der Waals surface area (Å²) in [4.78, 5) is 12.5. The Bertz CT molecular complexity index is 650. The van der Waals surface area contributed by atoms with Gasteiger partial charge >= 0.3 is 5.97 Å². The molecule has 0 saturated heterocycles. The predicted molar refractivity (Wildman–Crippen MR) is 119 cm³/mol. The second-order valence-electron chi connectivity index (χ2n) is 10.3. The van der Waals surface area contributed by atoms with Gasteiger partial charge in [0.05, 0.1) is 12.2 Å². The number of phenols is 1. The van der Waals surface area contributed by atoms with Crippen molar-refractivity contribution in [3.05, 3.63) is 35.4 Å². The summed E-state index contributed by atoms with van der Waals surface area (Å²) in [6, 6.07) is 3.74. The van der Waals surface area contributed by atoms with Crippen LogP contribution in [-0.2, 0) is 20.4 Å². The van der Waals surface area contributed by atoms with Crippen LogP contribution in [0, 0.1) is 5.92 Å². The number of carbonyl (C=O) groups is 1. The average molecular weight is 389 g/mol. The van der Waals surface area contributed by atoms with E-state index in [-0.39, 0.29) is 16.8 Å². The lowest BCUT2D eigenvalue weighted by atomic mass is 9.78. The summed E-state index contributed by atoms with van der Waals surface area (Å²) in [6.45, 7) is 21.2. The largest absolute Gasteiger partial charge is 0.507 e. The standard InChI is InChI=1S/C25H40O3/c1-17(2)13-11-10-12-14-28-23(27)18(3)19-15-20(24(4,5)6)22(26)21(16-19)25(7,8)9/h15-17,26H,3,10-14H2,1-2,4-9H3. The molecule has 0 amide bonds. The van der Waals surface area contributed by atoms with Crippen molar-refractivity contribution >= 4 is 11.5 Å². The maximum absolute atomic E-state index is 12.5. The van der Waals surface area contributed by atoms with Gasteiger partial charge in [0, 0.05) is 11.1 Å². The molecule has 0 fully saturated rings. The van der Waals surface area contributed by atoms with Gasteiger partial charge < -0.3 is 9.84 Å². The molecule has 0 aromatic heterocycles. The quantitative estimate of drug-likeness (QED) is 0.304. The van der Waals surface area contributed by atoms with Crippen molar-refractivity contribution < 1.29 is 14.6 Å². The van der Waals surface area contributed by atoms with Gasteiger partial charge in [-0.25, -0.2) is 4.79 Å². The highest BCUT2D eigenvalue weighted by Crippen LogP contribution is 2.40. The molecule has 28 heavy (non-hydrogen) atoms. The van der Waals surface area contributed by atoms with Crippen LogP contribution in [0.5, 0.6) is 5.75 Å². The lowest BCUT2D eigenvalue weighted by Gasteiger charge is -2.28. The molecule has 1 aromatic rings. The maximum Gasteiger partial charge on any atom is 0.338 e. The molecule has 0 radical (unpaired) electrons. The van der Waals surface area contributed by atoms with E-state index in [0.717, 1.165) is 36.0 Å². The fourth-order valence-electron chi connectivity index (χ4n) is 3.15. The number of phenolic OH excluding ortho intramolecular Hbond substituents is 1. The Hall–Kier alpha value is -1.77. The van der Waals surface area contributed by atoms with E-state index in [4.69, 9.17) is 4.74 Å². The molecule has 1 N–H and O–H groups in total. The van der Waals surface area contributed by atoms with E-state index in [1.54, 1.807) is 0 Å². The minimum absolute atomic E-state index is 0.249. The molecule has 1 aromatic carbocycles. The lowest BCUT2D eigenvalue weighted by molar-refractivity contribution is -0.136. The van der Waals surface area contributed by atoms with Crippen molar-refractivity contribution in [2.24, 2.45) is 5.92 Å². The minimum atomic E-state index is -0.380. The van der Waals surface area contributed by atoms with E-state index in [1.165, 1.54) is 6.42 Å². The molecular weight excluding hydrogens is 348 g/mol. The van der Waals surface area contributed by atoms with Gasteiger partial charge in [-0.3, -0.25) is 0 Å². The second kappa shape index (κ2) is 9.62. The molecule has 0 unspecified atom stereocenters. The molecule has 1 rings (SSSR count). The van der Waals surface area contributed by atoms with E-state index in [9.17, 15) is 9.90 Å². The molecule has 0 atom stereocenters. The summed E-state index contributed by atoms with van der Waals surface area (Å²) in [7, 11) is 0. The van der Waals surface area contributed by atoms with Gasteiger partial charge in [-0.15, -0.1) is 0 Å². The number of hydrogen-bond acceptors (Lipinski definition) is 3. The number of ether oxygens (including phenoxy) is 1. The number of benzene rings is 1. The van der Waals surface area contributed by atoms with Crippen LogP contribution in [0.1, 0.15) is 97.8 Å². The fraction of sp³-hybridized carbons (Fsp3) is 0.640. The molecule has 158 valence electrons. The average Bonchev–Trinajstić information content (AvgIpc) is 2.54. The normalized spacial score (nSPS) is 12.3. The van der Waals surface area contributed by atoms with E-state index < -0.39 is 0 Å². The first-order chi connectivity index (χ1) is 12.7. The Morgan fingerprint density at radius 1 is 1.00 bits per heavy atom. The SMILES string of the molecule is C=C(C(=O)OCCCCCC(C)C)c1cc(C(C)(C)C)c(O)c(C(C)(C)C)c1. The first kappa shape index (κ1) is 24.3. The Morgan fingerprint density at radius 3 is 1.93 bits per heavy atom. The van der Waals surface area contributed by atoms with Crippen LogP contribution in [0.25, 0.3) is 5.57 Å². The smallest absolute Gasteiger partial charge is 0.338 e. The summed E-state index contributed by atoms with van der Waals surface area (Å²) in [6.07, 6.45) is 4.32. The number of esters is 1. The Kier molecular flexibility index (Phi) is 8.34. The van der Waals surface area contributed by atoms with Crippen LogP contribution in [0.3, 0.4) is 0 Å². The van der Waals surface area contributed by atoms with Crippen LogP contribution in [0.4, 0.5) is 0 Å². The van der Waals surface area contributed by atoms with E-state index in [2.05, 4.69) is 62.0 Å². The van der Waals surface area contributed by atoms with Gasteiger partial charge in [-0.2, -0.15) is 0 Å². The Morgan fingerprint density at radius 2 is 1.50 bits per heavy atom. The van der Waals surface area contributed by atoms with E-state index in [0.29, 0.717) is 23.8 Å². The zero-order valence-corrected chi connectivity index (χ0v) is 19.2. The van der Waals surface area contributed by atoms with Crippen molar-refractivity contribution in [2.45, 2.75) is 91.9 Å². The summed E-state index contributed by atoms with van der Waals surface area (Å²) < 4.78 is 5.45. The maximum atomic E-state index is 12.5.